The number of carbonyl (C=O) groups is 1. The molecule has 2 saturated heterocycles. The Morgan fingerprint density at radius 1 is 1.03 bits per heavy atom. The maximum absolute atomic E-state index is 13.3. The number of para-hydroxylation sites is 1. The zero-order chi connectivity index (χ0) is 19.1. The minimum atomic E-state index is 0. The monoisotopic (exact) mass is 485 g/mol. The molecule has 3 aliphatic heterocycles. The zero-order valence-electron chi connectivity index (χ0n) is 16.6. The lowest BCUT2D eigenvalue weighted by molar-refractivity contribution is -0.118. The van der Waals surface area contributed by atoms with Crippen LogP contribution >= 0.6 is 48.2 Å². The highest BCUT2D eigenvalue weighted by atomic mass is 35.5. The van der Waals surface area contributed by atoms with Gasteiger partial charge in [-0.3, -0.25) is 19.5 Å². The molecule has 2 aromatic rings. The predicted octanol–water partition coefficient (Wildman–Crippen LogP) is 5.48. The molecule has 0 bridgehead atoms. The highest BCUT2D eigenvalue weighted by Gasteiger charge is 2.32. The fourth-order valence-electron chi connectivity index (χ4n) is 4.62. The summed E-state index contributed by atoms with van der Waals surface area (Å²) in [5.74, 6) is 0.144. The minimum absolute atomic E-state index is 0. The summed E-state index contributed by atoms with van der Waals surface area (Å²) in [5, 5.41) is 0.661. The van der Waals surface area contributed by atoms with Crippen LogP contribution in [0.25, 0.3) is 0 Å². The van der Waals surface area contributed by atoms with Crippen molar-refractivity contribution in [2.75, 3.05) is 37.6 Å². The number of amides is 1. The number of rotatable bonds is 3. The van der Waals surface area contributed by atoms with E-state index < -0.39 is 0 Å². The molecule has 4 nitrogen and oxygen atoms in total. The van der Waals surface area contributed by atoms with Gasteiger partial charge in [-0.05, 0) is 49.7 Å². The van der Waals surface area contributed by atoms with Crippen LogP contribution < -0.4 is 4.90 Å². The van der Waals surface area contributed by atoms with Gasteiger partial charge in [0.1, 0.15) is 0 Å². The lowest BCUT2D eigenvalue weighted by Gasteiger charge is -2.38. The van der Waals surface area contributed by atoms with E-state index in [1.165, 1.54) is 19.4 Å². The third-order valence-corrected chi connectivity index (χ3v) is 7.42. The molecule has 5 rings (SSSR count). The Balaban J connectivity index is 0.00000128. The van der Waals surface area contributed by atoms with Gasteiger partial charge >= 0.3 is 0 Å². The summed E-state index contributed by atoms with van der Waals surface area (Å²) in [5.41, 5.74) is 1.87. The topological polar surface area (TPSA) is 26.8 Å². The van der Waals surface area contributed by atoms with Gasteiger partial charge < -0.3 is 0 Å². The second kappa shape index (κ2) is 10.1. The van der Waals surface area contributed by atoms with Gasteiger partial charge in [0.15, 0.2) is 0 Å². The molecule has 0 aromatic heterocycles. The standard InChI is InChI=1S/C22H24ClN3OS.2ClH/c23-16-7-8-21-19(14-16)26(18-5-1-2-6-20(18)28-21)22(27)9-11-24-12-13-25-10-3-4-17(25)15-24;;/h1-2,5-8,14,17H,3-4,9-13,15H2;2*1H. The third-order valence-electron chi connectivity index (χ3n) is 6.05. The van der Waals surface area contributed by atoms with Crippen LogP contribution in [0.2, 0.25) is 5.02 Å². The molecule has 0 N–H and O–H groups in total. The molecule has 3 aliphatic rings. The van der Waals surface area contributed by atoms with E-state index in [0.29, 0.717) is 17.5 Å². The summed E-state index contributed by atoms with van der Waals surface area (Å²) in [4.78, 5) is 22.5. The lowest BCUT2D eigenvalue weighted by atomic mass is 10.1. The van der Waals surface area contributed by atoms with E-state index in [4.69, 9.17) is 11.6 Å². The van der Waals surface area contributed by atoms with E-state index >= 15 is 0 Å². The fraction of sp³-hybridized carbons (Fsp3) is 0.409. The van der Waals surface area contributed by atoms with Crippen molar-refractivity contribution in [3.8, 4) is 0 Å². The first-order valence-electron chi connectivity index (χ1n) is 10.0. The summed E-state index contributed by atoms with van der Waals surface area (Å²) in [6.07, 6.45) is 3.14. The number of hydrogen-bond acceptors (Lipinski definition) is 4. The Labute approximate surface area is 199 Å². The van der Waals surface area contributed by atoms with Gasteiger partial charge in [-0.15, -0.1) is 24.8 Å². The Hall–Kier alpha value is -0.950. The summed E-state index contributed by atoms with van der Waals surface area (Å²) in [7, 11) is 0. The second-order valence-electron chi connectivity index (χ2n) is 7.79. The molecular weight excluding hydrogens is 461 g/mol. The molecule has 1 unspecified atom stereocenters. The zero-order valence-corrected chi connectivity index (χ0v) is 19.8. The van der Waals surface area contributed by atoms with Crippen molar-refractivity contribution in [1.29, 1.82) is 0 Å². The van der Waals surface area contributed by atoms with Crippen molar-refractivity contribution in [2.45, 2.75) is 35.1 Å². The molecule has 162 valence electrons. The lowest BCUT2D eigenvalue weighted by Crippen LogP contribution is -2.50. The van der Waals surface area contributed by atoms with Gasteiger partial charge in [0.05, 0.1) is 11.4 Å². The molecule has 0 aliphatic carbocycles. The number of halogens is 3. The predicted molar refractivity (Wildman–Crippen MR) is 129 cm³/mol. The average Bonchev–Trinajstić information content (AvgIpc) is 3.18. The van der Waals surface area contributed by atoms with E-state index in [2.05, 4.69) is 15.9 Å². The van der Waals surface area contributed by atoms with E-state index in [0.717, 1.165) is 47.3 Å². The summed E-state index contributed by atoms with van der Waals surface area (Å²) < 4.78 is 0. The van der Waals surface area contributed by atoms with Crippen molar-refractivity contribution in [3.63, 3.8) is 0 Å². The van der Waals surface area contributed by atoms with Crippen molar-refractivity contribution in [1.82, 2.24) is 9.80 Å². The van der Waals surface area contributed by atoms with Crippen LogP contribution in [-0.2, 0) is 4.79 Å². The summed E-state index contributed by atoms with van der Waals surface area (Å²) in [6.45, 7) is 5.38. The van der Waals surface area contributed by atoms with Gasteiger partial charge in [0.2, 0.25) is 5.91 Å². The average molecular weight is 487 g/mol. The number of hydrogen-bond donors (Lipinski definition) is 0. The van der Waals surface area contributed by atoms with Crippen LogP contribution in [0.3, 0.4) is 0 Å². The largest absolute Gasteiger partial charge is 0.300 e. The maximum atomic E-state index is 13.3. The van der Waals surface area contributed by atoms with Crippen molar-refractivity contribution in [3.05, 3.63) is 47.5 Å². The SMILES string of the molecule is Cl.Cl.O=C(CCN1CCN2CCCC2C1)N1c2ccccc2Sc2ccc(Cl)cc21. The van der Waals surface area contributed by atoms with Crippen LogP contribution in [0.1, 0.15) is 19.3 Å². The first-order chi connectivity index (χ1) is 13.7. The number of benzene rings is 2. The Morgan fingerprint density at radius 3 is 2.70 bits per heavy atom. The van der Waals surface area contributed by atoms with Crippen molar-refractivity contribution < 1.29 is 4.79 Å². The van der Waals surface area contributed by atoms with Gasteiger partial charge in [0, 0.05) is 53.5 Å². The molecule has 0 spiro atoms. The Kier molecular flexibility index (Phi) is 7.99. The number of fused-ring (bicyclic) bond motifs is 3. The Morgan fingerprint density at radius 2 is 1.83 bits per heavy atom. The van der Waals surface area contributed by atoms with E-state index in [1.807, 2.05) is 41.3 Å². The van der Waals surface area contributed by atoms with Crippen LogP contribution in [0.4, 0.5) is 11.4 Å². The van der Waals surface area contributed by atoms with E-state index in [-0.39, 0.29) is 30.7 Å². The molecule has 0 saturated carbocycles. The van der Waals surface area contributed by atoms with Gasteiger partial charge in [0.25, 0.3) is 0 Å². The van der Waals surface area contributed by atoms with Crippen LogP contribution in [0, 0.1) is 0 Å². The number of piperazine rings is 1. The van der Waals surface area contributed by atoms with Crippen LogP contribution in [-0.4, -0.2) is 54.5 Å². The normalized spacial score (nSPS) is 20.4. The van der Waals surface area contributed by atoms with Crippen LogP contribution in [0.15, 0.2) is 52.3 Å². The van der Waals surface area contributed by atoms with Gasteiger partial charge in [-0.25, -0.2) is 0 Å². The molecule has 1 atom stereocenters. The highest BCUT2D eigenvalue weighted by Crippen LogP contribution is 2.48. The number of anilines is 2. The van der Waals surface area contributed by atoms with Crippen molar-refractivity contribution >= 4 is 65.5 Å². The molecule has 2 fully saturated rings. The highest BCUT2D eigenvalue weighted by molar-refractivity contribution is 7.99. The molecule has 8 heteroatoms. The van der Waals surface area contributed by atoms with E-state index in [1.54, 1.807) is 11.8 Å². The van der Waals surface area contributed by atoms with Crippen molar-refractivity contribution in [2.24, 2.45) is 0 Å². The molecule has 3 heterocycles. The van der Waals surface area contributed by atoms with Gasteiger partial charge in [-0.1, -0.05) is 35.5 Å². The maximum Gasteiger partial charge on any atom is 0.232 e. The fourth-order valence-corrected chi connectivity index (χ4v) is 5.83. The minimum Gasteiger partial charge on any atom is -0.300 e. The molecule has 2 aromatic carbocycles. The second-order valence-corrected chi connectivity index (χ2v) is 9.31. The molecule has 1 amide bonds. The smallest absolute Gasteiger partial charge is 0.232 e. The quantitative estimate of drug-likeness (QED) is 0.574. The third kappa shape index (κ3) is 4.62. The molecular formula is C22H26Cl3N3OS. The van der Waals surface area contributed by atoms with Gasteiger partial charge in [-0.2, -0.15) is 0 Å². The first kappa shape index (κ1) is 23.7. The molecule has 0 radical (unpaired) electrons. The Bertz CT molecular complexity index is 913. The summed E-state index contributed by atoms with van der Waals surface area (Å²) in [6, 6.07) is 14.6. The van der Waals surface area contributed by atoms with E-state index in [9.17, 15) is 4.79 Å². The molecule has 30 heavy (non-hydrogen) atoms. The number of nitrogens with zero attached hydrogens (tertiary/aromatic N) is 3. The summed E-state index contributed by atoms with van der Waals surface area (Å²) >= 11 is 7.96. The number of carbonyl (C=O) groups excluding carboxylic acids is 1. The first-order valence-corrected chi connectivity index (χ1v) is 11.2. The van der Waals surface area contributed by atoms with Crippen LogP contribution in [0.5, 0.6) is 0 Å².